The Kier molecular flexibility index (Phi) is 5.96. The van der Waals surface area contributed by atoms with Gasteiger partial charge in [-0.2, -0.15) is 18.3 Å². The first kappa shape index (κ1) is 22.4. The van der Waals surface area contributed by atoms with E-state index in [0.717, 1.165) is 12.8 Å². The number of halogens is 3. The molecule has 0 aromatic carbocycles. The summed E-state index contributed by atoms with van der Waals surface area (Å²) in [4.78, 5) is 12.7. The van der Waals surface area contributed by atoms with Crippen LogP contribution >= 0.6 is 0 Å². The van der Waals surface area contributed by atoms with Crippen molar-refractivity contribution in [3.8, 4) is 11.3 Å². The van der Waals surface area contributed by atoms with Gasteiger partial charge in [-0.05, 0) is 31.7 Å². The molecule has 0 spiro atoms. The molecule has 33 heavy (non-hydrogen) atoms. The lowest BCUT2D eigenvalue weighted by Crippen LogP contribution is -2.33. The maximum absolute atomic E-state index is 14.2. The number of nitrogens with zero attached hydrogens (tertiary/aromatic N) is 2. The molecule has 2 aromatic rings. The molecule has 0 bridgehead atoms. The van der Waals surface area contributed by atoms with Crippen LogP contribution in [0.4, 0.5) is 13.2 Å². The van der Waals surface area contributed by atoms with Gasteiger partial charge in [0, 0.05) is 19.2 Å². The number of amides is 1. The minimum absolute atomic E-state index is 0.0765. The number of aromatic nitrogens is 2. The second kappa shape index (κ2) is 8.77. The monoisotopic (exact) mass is 469 g/mol. The fourth-order valence-corrected chi connectivity index (χ4v) is 4.71. The number of carbonyl (C=O) groups excluding carboxylic acids is 1. The summed E-state index contributed by atoms with van der Waals surface area (Å²) < 4.78 is 66.2. The van der Waals surface area contributed by atoms with Crippen molar-refractivity contribution < 1.29 is 36.6 Å². The van der Waals surface area contributed by atoms with E-state index in [4.69, 9.17) is 18.6 Å². The third-order valence-electron chi connectivity index (χ3n) is 6.25. The molecule has 180 valence electrons. The van der Waals surface area contributed by atoms with Gasteiger partial charge in [0.2, 0.25) is 5.76 Å². The van der Waals surface area contributed by atoms with Crippen LogP contribution in [0.3, 0.4) is 0 Å². The van der Waals surface area contributed by atoms with Gasteiger partial charge in [-0.3, -0.25) is 9.48 Å². The Morgan fingerprint density at radius 3 is 2.79 bits per heavy atom. The lowest BCUT2D eigenvalue weighted by atomic mass is 9.93. The molecule has 8 nitrogen and oxygen atoms in total. The molecular formula is C22H26F3N3O5. The minimum atomic E-state index is -4.78. The third-order valence-corrected chi connectivity index (χ3v) is 6.25. The number of rotatable bonds is 5. The van der Waals surface area contributed by atoms with Gasteiger partial charge in [-0.15, -0.1) is 0 Å². The van der Waals surface area contributed by atoms with Crippen molar-refractivity contribution >= 4 is 5.91 Å². The van der Waals surface area contributed by atoms with E-state index in [9.17, 15) is 18.0 Å². The Balaban J connectivity index is 1.42. The van der Waals surface area contributed by atoms with E-state index < -0.39 is 23.4 Å². The van der Waals surface area contributed by atoms with Gasteiger partial charge in [0.05, 0.1) is 49.8 Å². The maximum atomic E-state index is 14.2. The van der Waals surface area contributed by atoms with E-state index >= 15 is 0 Å². The first-order valence-electron chi connectivity index (χ1n) is 11.2. The SMILES string of the molecule is C[C@H]1CC[C@H](CNC(=O)c2oc3c(c2C(F)(F)F)-c2nn(C[C@H]4COCCO4)cc2CC3)O1. The Morgan fingerprint density at radius 2 is 2.09 bits per heavy atom. The van der Waals surface area contributed by atoms with Crippen molar-refractivity contribution in [3.63, 3.8) is 0 Å². The molecule has 2 saturated heterocycles. The lowest BCUT2D eigenvalue weighted by Gasteiger charge is -2.22. The van der Waals surface area contributed by atoms with Crippen molar-refractivity contribution in [2.75, 3.05) is 26.4 Å². The first-order valence-corrected chi connectivity index (χ1v) is 11.2. The van der Waals surface area contributed by atoms with Crippen LogP contribution in [0.15, 0.2) is 10.6 Å². The Bertz CT molecular complexity index is 1030. The summed E-state index contributed by atoms with van der Waals surface area (Å²) in [6, 6.07) is 0. The predicted molar refractivity (Wildman–Crippen MR) is 109 cm³/mol. The second-order valence-corrected chi connectivity index (χ2v) is 8.75. The predicted octanol–water partition coefficient (Wildman–Crippen LogP) is 2.97. The zero-order chi connectivity index (χ0) is 23.2. The van der Waals surface area contributed by atoms with Crippen molar-refractivity contribution in [1.82, 2.24) is 15.1 Å². The quantitative estimate of drug-likeness (QED) is 0.725. The zero-order valence-electron chi connectivity index (χ0n) is 18.2. The zero-order valence-corrected chi connectivity index (χ0v) is 18.2. The molecule has 2 fully saturated rings. The summed E-state index contributed by atoms with van der Waals surface area (Å²) in [6.07, 6.45) is -1.05. The molecule has 3 atom stereocenters. The number of nitrogens with one attached hydrogen (secondary N) is 1. The van der Waals surface area contributed by atoms with E-state index in [1.54, 1.807) is 10.9 Å². The lowest BCUT2D eigenvalue weighted by molar-refractivity contribution is -0.137. The second-order valence-electron chi connectivity index (χ2n) is 8.75. The highest BCUT2D eigenvalue weighted by atomic mass is 19.4. The summed E-state index contributed by atoms with van der Waals surface area (Å²) in [5.41, 5.74) is -0.319. The average Bonchev–Trinajstić information content (AvgIpc) is 3.47. The highest BCUT2D eigenvalue weighted by Crippen LogP contribution is 2.46. The van der Waals surface area contributed by atoms with Crippen LogP contribution in [-0.2, 0) is 39.8 Å². The standard InChI is InChI=1S/C22H26F3N3O5/c1-12-2-4-14(32-12)8-26-21(29)20-18(22(23,24)25)17-16(33-20)5-3-13-9-28(27-19(13)17)10-15-11-30-6-7-31-15/h9,12,14-15H,2-8,10-11H2,1H3,(H,26,29)/t12-,14+,15-/m0/s1. The molecular weight excluding hydrogens is 443 g/mol. The summed E-state index contributed by atoms with van der Waals surface area (Å²) >= 11 is 0. The molecule has 5 rings (SSSR count). The van der Waals surface area contributed by atoms with E-state index in [1.807, 2.05) is 6.92 Å². The van der Waals surface area contributed by atoms with Crippen molar-refractivity contribution in [2.24, 2.45) is 0 Å². The highest BCUT2D eigenvalue weighted by molar-refractivity contribution is 5.96. The molecule has 0 unspecified atom stereocenters. The number of ether oxygens (including phenoxy) is 3. The number of carbonyl (C=O) groups is 1. The molecule has 2 aliphatic heterocycles. The molecule has 4 heterocycles. The summed E-state index contributed by atoms with van der Waals surface area (Å²) in [6.45, 7) is 3.83. The number of hydrogen-bond acceptors (Lipinski definition) is 6. The maximum Gasteiger partial charge on any atom is 0.420 e. The minimum Gasteiger partial charge on any atom is -0.455 e. The van der Waals surface area contributed by atoms with E-state index in [2.05, 4.69) is 10.4 Å². The van der Waals surface area contributed by atoms with E-state index in [1.165, 1.54) is 0 Å². The molecule has 11 heteroatoms. The number of alkyl halides is 3. The molecule has 2 aromatic heterocycles. The number of aryl methyl sites for hydroxylation is 2. The molecule has 1 N–H and O–H groups in total. The average molecular weight is 469 g/mol. The molecule has 1 aliphatic carbocycles. The van der Waals surface area contributed by atoms with E-state index in [0.29, 0.717) is 38.3 Å². The van der Waals surface area contributed by atoms with Gasteiger partial charge in [0.25, 0.3) is 5.91 Å². The molecule has 0 saturated carbocycles. The van der Waals surface area contributed by atoms with Gasteiger partial charge < -0.3 is 23.9 Å². The van der Waals surface area contributed by atoms with Crippen LogP contribution in [0.5, 0.6) is 0 Å². The van der Waals surface area contributed by atoms with Crippen molar-refractivity contribution in [1.29, 1.82) is 0 Å². The summed E-state index contributed by atoms with van der Waals surface area (Å²) in [5.74, 6) is -1.48. The van der Waals surface area contributed by atoms with Crippen molar-refractivity contribution in [3.05, 3.63) is 28.8 Å². The van der Waals surface area contributed by atoms with Crippen LogP contribution in [0, 0.1) is 0 Å². The van der Waals surface area contributed by atoms with Crippen LogP contribution in [0.2, 0.25) is 0 Å². The van der Waals surface area contributed by atoms with Crippen LogP contribution in [0.25, 0.3) is 11.3 Å². The number of fused-ring (bicyclic) bond motifs is 3. The topological polar surface area (TPSA) is 87.8 Å². The Labute approximate surface area is 188 Å². The molecule has 0 radical (unpaired) electrons. The molecule has 1 amide bonds. The largest absolute Gasteiger partial charge is 0.455 e. The highest BCUT2D eigenvalue weighted by Gasteiger charge is 2.45. The summed E-state index contributed by atoms with van der Waals surface area (Å²) in [7, 11) is 0. The van der Waals surface area contributed by atoms with Crippen molar-refractivity contribution in [2.45, 2.75) is 63.6 Å². The smallest absolute Gasteiger partial charge is 0.420 e. The van der Waals surface area contributed by atoms with Gasteiger partial charge in [0.15, 0.2) is 0 Å². The van der Waals surface area contributed by atoms with Crippen LogP contribution in [-0.4, -0.2) is 60.4 Å². The first-order chi connectivity index (χ1) is 15.8. The fraction of sp³-hybridized carbons (Fsp3) is 0.636. The third kappa shape index (κ3) is 4.53. The molecule has 3 aliphatic rings. The number of furan rings is 1. The van der Waals surface area contributed by atoms with Gasteiger partial charge >= 0.3 is 6.18 Å². The Morgan fingerprint density at radius 1 is 1.24 bits per heavy atom. The van der Waals surface area contributed by atoms with Gasteiger partial charge in [0.1, 0.15) is 17.4 Å². The van der Waals surface area contributed by atoms with Gasteiger partial charge in [-0.25, -0.2) is 0 Å². The van der Waals surface area contributed by atoms with E-state index in [-0.39, 0.29) is 48.3 Å². The summed E-state index contributed by atoms with van der Waals surface area (Å²) in [5, 5.41) is 6.97. The Hall–Kier alpha value is -2.37. The van der Waals surface area contributed by atoms with Gasteiger partial charge in [-0.1, -0.05) is 0 Å². The van der Waals surface area contributed by atoms with Crippen LogP contribution in [0.1, 0.15) is 47.2 Å². The number of hydrogen-bond donors (Lipinski definition) is 1. The normalized spacial score (nSPS) is 25.0. The van der Waals surface area contributed by atoms with Crippen LogP contribution < -0.4 is 5.32 Å². The fourth-order valence-electron chi connectivity index (χ4n) is 4.71.